The van der Waals surface area contributed by atoms with Crippen molar-refractivity contribution in [3.63, 3.8) is 0 Å². The Morgan fingerprint density at radius 1 is 1.28 bits per heavy atom. The summed E-state index contributed by atoms with van der Waals surface area (Å²) in [6.45, 7) is 8.14. The second-order valence-electron chi connectivity index (χ2n) is 6.22. The van der Waals surface area contributed by atoms with Crippen molar-refractivity contribution in [2.45, 2.75) is 40.7 Å². The number of nitrogens with zero attached hydrogens (tertiary/aromatic N) is 3. The van der Waals surface area contributed by atoms with E-state index in [1.807, 2.05) is 39.8 Å². The minimum atomic E-state index is -0.314. The minimum absolute atomic E-state index is 0.304. The van der Waals surface area contributed by atoms with E-state index in [1.54, 1.807) is 10.7 Å². The predicted molar refractivity (Wildman–Crippen MR) is 95.6 cm³/mol. The van der Waals surface area contributed by atoms with Crippen molar-refractivity contribution in [3.8, 4) is 6.07 Å². The number of carbonyl (C=O) groups excluding carboxylic acids is 1. The lowest BCUT2D eigenvalue weighted by atomic mass is 10.0. The maximum atomic E-state index is 12.8. The van der Waals surface area contributed by atoms with Crippen LogP contribution in [0.15, 0.2) is 22.6 Å². The lowest BCUT2D eigenvalue weighted by molar-refractivity contribution is 0.0997. The molecule has 0 aliphatic heterocycles. The number of hydrogen-bond donors (Lipinski definition) is 1. The molecule has 0 unspecified atom stereocenters. The summed E-state index contributed by atoms with van der Waals surface area (Å²) in [5.41, 5.74) is 4.43. The maximum Gasteiger partial charge on any atom is 0.292 e. The van der Waals surface area contributed by atoms with Crippen LogP contribution in [0.1, 0.15) is 39.4 Å². The third-order valence-electron chi connectivity index (χ3n) is 4.27. The highest BCUT2D eigenvalue weighted by atomic mass is 16.3. The number of aryl methyl sites for hydroxylation is 5. The molecule has 0 saturated heterocycles. The Balaban J connectivity index is 1.96. The topological polar surface area (TPSA) is 83.9 Å². The number of nitriles is 1. The molecule has 6 nitrogen and oxygen atoms in total. The smallest absolute Gasteiger partial charge is 0.292 e. The van der Waals surface area contributed by atoms with Gasteiger partial charge in [0.05, 0.1) is 24.7 Å². The fourth-order valence-corrected chi connectivity index (χ4v) is 3.04. The van der Waals surface area contributed by atoms with Crippen LogP contribution in [-0.4, -0.2) is 15.7 Å². The van der Waals surface area contributed by atoms with Gasteiger partial charge in [-0.15, -0.1) is 0 Å². The van der Waals surface area contributed by atoms with Crippen LogP contribution >= 0.6 is 0 Å². The van der Waals surface area contributed by atoms with Crippen LogP contribution in [0, 0.1) is 39.0 Å². The molecule has 0 aliphatic carbocycles. The normalized spacial score (nSPS) is 10.8. The third kappa shape index (κ3) is 3.01. The van der Waals surface area contributed by atoms with Gasteiger partial charge < -0.3 is 9.73 Å². The predicted octanol–water partition coefficient (Wildman–Crippen LogP) is 4.03. The molecular weight excluding hydrogens is 316 g/mol. The van der Waals surface area contributed by atoms with Crippen LogP contribution in [0.3, 0.4) is 0 Å². The molecule has 128 valence electrons. The number of hydrogen-bond acceptors (Lipinski definition) is 4. The van der Waals surface area contributed by atoms with Crippen LogP contribution in [0.2, 0.25) is 0 Å². The van der Waals surface area contributed by atoms with Gasteiger partial charge in [0, 0.05) is 17.0 Å². The molecule has 0 aliphatic rings. The van der Waals surface area contributed by atoms with Gasteiger partial charge in [0.1, 0.15) is 11.4 Å². The van der Waals surface area contributed by atoms with Gasteiger partial charge in [-0.1, -0.05) is 12.1 Å². The summed E-state index contributed by atoms with van der Waals surface area (Å²) in [6, 6.07) is 7.89. The van der Waals surface area contributed by atoms with Gasteiger partial charge in [-0.3, -0.25) is 4.79 Å². The van der Waals surface area contributed by atoms with Crippen LogP contribution < -0.4 is 5.32 Å². The standard InChI is InChI=1S/C19H20N4O2/c1-11-6-7-12(2)17-16(11)14(4)18(25-17)19(24)21-15-10-13(3)22-23(15)9-5-8-20/h6-7,10H,5,9H2,1-4H3,(H,21,24). The largest absolute Gasteiger partial charge is 0.450 e. The van der Waals surface area contributed by atoms with E-state index in [0.717, 1.165) is 33.4 Å². The van der Waals surface area contributed by atoms with Gasteiger partial charge in [0.25, 0.3) is 5.91 Å². The first-order valence-electron chi connectivity index (χ1n) is 8.14. The van der Waals surface area contributed by atoms with E-state index in [9.17, 15) is 4.79 Å². The van der Waals surface area contributed by atoms with Gasteiger partial charge in [-0.2, -0.15) is 10.4 Å². The van der Waals surface area contributed by atoms with Gasteiger partial charge in [0.2, 0.25) is 0 Å². The molecule has 0 fully saturated rings. The summed E-state index contributed by atoms with van der Waals surface area (Å²) < 4.78 is 7.51. The molecule has 0 atom stereocenters. The molecule has 0 saturated carbocycles. The number of furan rings is 1. The van der Waals surface area contributed by atoms with Crippen molar-refractivity contribution >= 4 is 22.7 Å². The Labute approximate surface area is 146 Å². The first-order valence-corrected chi connectivity index (χ1v) is 8.14. The minimum Gasteiger partial charge on any atom is -0.450 e. The Hall–Kier alpha value is -3.07. The highest BCUT2D eigenvalue weighted by Crippen LogP contribution is 2.31. The number of nitrogens with one attached hydrogen (secondary N) is 1. The van der Waals surface area contributed by atoms with Crippen molar-refractivity contribution < 1.29 is 9.21 Å². The van der Waals surface area contributed by atoms with Crippen molar-refractivity contribution in [1.29, 1.82) is 5.26 Å². The lowest BCUT2D eigenvalue weighted by Crippen LogP contribution is -2.16. The number of rotatable bonds is 4. The molecule has 2 aromatic heterocycles. The monoisotopic (exact) mass is 336 g/mol. The Bertz CT molecular complexity index is 1000. The quantitative estimate of drug-likeness (QED) is 0.779. The molecule has 1 aromatic carbocycles. The van der Waals surface area contributed by atoms with E-state index in [1.165, 1.54) is 0 Å². The highest BCUT2D eigenvalue weighted by Gasteiger charge is 2.21. The van der Waals surface area contributed by atoms with E-state index in [0.29, 0.717) is 24.5 Å². The summed E-state index contributed by atoms with van der Waals surface area (Å²) in [4.78, 5) is 12.8. The fraction of sp³-hybridized carbons (Fsp3) is 0.316. The number of carbonyl (C=O) groups is 1. The Morgan fingerprint density at radius 3 is 2.68 bits per heavy atom. The first kappa shape index (κ1) is 16.8. The summed E-state index contributed by atoms with van der Waals surface area (Å²) in [5, 5.41) is 16.9. The number of benzene rings is 1. The van der Waals surface area contributed by atoms with Crippen LogP contribution in [0.25, 0.3) is 11.0 Å². The highest BCUT2D eigenvalue weighted by molar-refractivity contribution is 6.06. The van der Waals surface area contributed by atoms with Crippen molar-refractivity contribution in [1.82, 2.24) is 9.78 Å². The van der Waals surface area contributed by atoms with E-state index in [-0.39, 0.29) is 5.91 Å². The number of amides is 1. The van der Waals surface area contributed by atoms with Crippen molar-refractivity contribution in [2.75, 3.05) is 5.32 Å². The molecule has 0 bridgehead atoms. The zero-order valence-corrected chi connectivity index (χ0v) is 14.8. The molecule has 6 heteroatoms. The van der Waals surface area contributed by atoms with E-state index < -0.39 is 0 Å². The van der Waals surface area contributed by atoms with Crippen LogP contribution in [-0.2, 0) is 6.54 Å². The summed E-state index contributed by atoms with van der Waals surface area (Å²) in [6.07, 6.45) is 0.325. The van der Waals surface area contributed by atoms with E-state index >= 15 is 0 Å². The molecule has 2 heterocycles. The summed E-state index contributed by atoms with van der Waals surface area (Å²) >= 11 is 0. The molecule has 1 amide bonds. The molecule has 0 radical (unpaired) electrons. The van der Waals surface area contributed by atoms with E-state index in [2.05, 4.69) is 16.5 Å². The zero-order chi connectivity index (χ0) is 18.1. The van der Waals surface area contributed by atoms with Crippen molar-refractivity contribution in [2.24, 2.45) is 0 Å². The van der Waals surface area contributed by atoms with Gasteiger partial charge in [0.15, 0.2) is 5.76 Å². The summed E-state index contributed by atoms with van der Waals surface area (Å²) in [7, 11) is 0. The number of anilines is 1. The van der Waals surface area contributed by atoms with Gasteiger partial charge in [-0.05, 0) is 38.8 Å². The van der Waals surface area contributed by atoms with Gasteiger partial charge in [-0.25, -0.2) is 4.68 Å². The second kappa shape index (κ2) is 6.44. The first-order chi connectivity index (χ1) is 11.9. The molecule has 3 rings (SSSR count). The lowest BCUT2D eigenvalue weighted by Gasteiger charge is -2.06. The molecule has 1 N–H and O–H groups in total. The van der Waals surface area contributed by atoms with Crippen LogP contribution in [0.5, 0.6) is 0 Å². The van der Waals surface area contributed by atoms with Crippen LogP contribution in [0.4, 0.5) is 5.82 Å². The SMILES string of the molecule is Cc1cc(NC(=O)c2oc3c(C)ccc(C)c3c2C)n(CCC#N)n1. The third-order valence-corrected chi connectivity index (χ3v) is 4.27. The Morgan fingerprint density at radius 2 is 2.00 bits per heavy atom. The maximum absolute atomic E-state index is 12.8. The number of aromatic nitrogens is 2. The second-order valence-corrected chi connectivity index (χ2v) is 6.22. The summed E-state index contributed by atoms with van der Waals surface area (Å²) in [5.74, 6) is 0.551. The number of fused-ring (bicyclic) bond motifs is 1. The Kier molecular flexibility index (Phi) is 4.32. The fourth-order valence-electron chi connectivity index (χ4n) is 3.04. The van der Waals surface area contributed by atoms with Gasteiger partial charge >= 0.3 is 0 Å². The molecular formula is C19H20N4O2. The van der Waals surface area contributed by atoms with Crippen molar-refractivity contribution in [3.05, 3.63) is 46.3 Å². The van der Waals surface area contributed by atoms with E-state index in [4.69, 9.17) is 9.68 Å². The average molecular weight is 336 g/mol. The molecule has 3 aromatic rings. The molecule has 25 heavy (non-hydrogen) atoms. The zero-order valence-electron chi connectivity index (χ0n) is 14.8. The molecule has 0 spiro atoms. The average Bonchev–Trinajstić information content (AvgIpc) is 3.10.